The van der Waals surface area contributed by atoms with E-state index in [0.29, 0.717) is 5.41 Å². The fourth-order valence-corrected chi connectivity index (χ4v) is 2.58. The van der Waals surface area contributed by atoms with Crippen molar-refractivity contribution in [2.24, 2.45) is 11.3 Å². The van der Waals surface area contributed by atoms with Gasteiger partial charge in [-0.15, -0.1) is 0 Å². The van der Waals surface area contributed by atoms with Crippen LogP contribution in [-0.2, 0) is 4.74 Å². The lowest BCUT2D eigenvalue weighted by atomic mass is 9.75. The molecule has 1 rings (SSSR count). The Labute approximate surface area is 94.8 Å². The summed E-state index contributed by atoms with van der Waals surface area (Å²) < 4.78 is 5.47. The van der Waals surface area contributed by atoms with Crippen molar-refractivity contribution in [3.05, 3.63) is 0 Å². The molecule has 1 fully saturated rings. The third-order valence-corrected chi connectivity index (χ3v) is 3.59. The van der Waals surface area contributed by atoms with Crippen LogP contribution in [0.5, 0.6) is 0 Å². The second-order valence-corrected chi connectivity index (χ2v) is 5.43. The van der Waals surface area contributed by atoms with Gasteiger partial charge in [0, 0.05) is 19.8 Å². The quantitative estimate of drug-likeness (QED) is 0.732. The summed E-state index contributed by atoms with van der Waals surface area (Å²) in [6.07, 6.45) is 6.60. The number of rotatable bonds is 6. The summed E-state index contributed by atoms with van der Waals surface area (Å²) in [4.78, 5) is 0. The molecule has 0 aromatic rings. The standard InChI is InChI=1S/C13H27NO/c1-12(2)5-4-6-13(11-14-3)7-9-15-10-8-13/h12,14H,4-11H2,1-3H3. The Kier molecular flexibility index (Phi) is 5.62. The van der Waals surface area contributed by atoms with Gasteiger partial charge >= 0.3 is 0 Å². The molecule has 1 aliphatic heterocycles. The summed E-state index contributed by atoms with van der Waals surface area (Å²) in [5.74, 6) is 0.844. The highest BCUT2D eigenvalue weighted by Gasteiger charge is 2.31. The summed E-state index contributed by atoms with van der Waals surface area (Å²) in [6, 6.07) is 0. The molecular weight excluding hydrogens is 186 g/mol. The van der Waals surface area contributed by atoms with Crippen LogP contribution in [0, 0.1) is 11.3 Å². The summed E-state index contributed by atoms with van der Waals surface area (Å²) >= 11 is 0. The minimum Gasteiger partial charge on any atom is -0.381 e. The highest BCUT2D eigenvalue weighted by Crippen LogP contribution is 2.35. The number of hydrogen-bond donors (Lipinski definition) is 1. The van der Waals surface area contributed by atoms with Gasteiger partial charge in [0.15, 0.2) is 0 Å². The van der Waals surface area contributed by atoms with Gasteiger partial charge in [-0.3, -0.25) is 0 Å². The zero-order valence-corrected chi connectivity index (χ0v) is 10.6. The van der Waals surface area contributed by atoms with Gasteiger partial charge in [-0.1, -0.05) is 26.7 Å². The van der Waals surface area contributed by atoms with Gasteiger partial charge < -0.3 is 10.1 Å². The van der Waals surface area contributed by atoms with E-state index in [2.05, 4.69) is 26.2 Å². The summed E-state index contributed by atoms with van der Waals surface area (Å²) in [6.45, 7) is 7.71. The first-order chi connectivity index (χ1) is 7.18. The van der Waals surface area contributed by atoms with E-state index in [1.165, 1.54) is 32.1 Å². The van der Waals surface area contributed by atoms with E-state index in [-0.39, 0.29) is 0 Å². The predicted octanol–water partition coefficient (Wildman–Crippen LogP) is 2.83. The fraction of sp³-hybridized carbons (Fsp3) is 1.00. The maximum absolute atomic E-state index is 5.47. The Bertz CT molecular complexity index is 156. The van der Waals surface area contributed by atoms with Crippen LogP contribution in [0.3, 0.4) is 0 Å². The molecule has 2 nitrogen and oxygen atoms in total. The molecule has 1 N–H and O–H groups in total. The Morgan fingerprint density at radius 1 is 1.27 bits per heavy atom. The highest BCUT2D eigenvalue weighted by molar-refractivity contribution is 4.83. The summed E-state index contributed by atoms with van der Waals surface area (Å²) in [7, 11) is 2.07. The first-order valence-electron chi connectivity index (χ1n) is 6.41. The average molecular weight is 213 g/mol. The zero-order valence-electron chi connectivity index (χ0n) is 10.6. The van der Waals surface area contributed by atoms with Gasteiger partial charge in [0.1, 0.15) is 0 Å². The van der Waals surface area contributed by atoms with Gasteiger partial charge in [0.2, 0.25) is 0 Å². The molecule has 1 aliphatic rings. The number of nitrogens with one attached hydrogen (secondary N) is 1. The molecule has 0 aliphatic carbocycles. The van der Waals surface area contributed by atoms with Crippen molar-refractivity contribution in [2.75, 3.05) is 26.8 Å². The van der Waals surface area contributed by atoms with E-state index in [1.807, 2.05) is 0 Å². The van der Waals surface area contributed by atoms with Crippen molar-refractivity contribution in [3.63, 3.8) is 0 Å². The molecule has 0 atom stereocenters. The lowest BCUT2D eigenvalue weighted by molar-refractivity contribution is 0.00974. The number of hydrogen-bond acceptors (Lipinski definition) is 2. The third-order valence-electron chi connectivity index (χ3n) is 3.59. The van der Waals surface area contributed by atoms with E-state index >= 15 is 0 Å². The van der Waals surface area contributed by atoms with Crippen LogP contribution in [0.25, 0.3) is 0 Å². The lowest BCUT2D eigenvalue weighted by Gasteiger charge is -2.37. The SMILES string of the molecule is CNCC1(CCCC(C)C)CCOCC1. The molecule has 0 saturated carbocycles. The van der Waals surface area contributed by atoms with E-state index in [9.17, 15) is 0 Å². The van der Waals surface area contributed by atoms with Crippen LogP contribution in [0.4, 0.5) is 0 Å². The van der Waals surface area contributed by atoms with Gasteiger partial charge in [-0.05, 0) is 37.6 Å². The van der Waals surface area contributed by atoms with Crippen molar-refractivity contribution < 1.29 is 4.74 Å². The summed E-state index contributed by atoms with van der Waals surface area (Å²) in [5.41, 5.74) is 0.530. The van der Waals surface area contributed by atoms with E-state index in [1.54, 1.807) is 0 Å². The largest absolute Gasteiger partial charge is 0.381 e. The maximum Gasteiger partial charge on any atom is 0.0471 e. The molecule has 15 heavy (non-hydrogen) atoms. The Hall–Kier alpha value is -0.0800. The van der Waals surface area contributed by atoms with Crippen LogP contribution in [0.2, 0.25) is 0 Å². The molecule has 0 aromatic carbocycles. The number of ether oxygens (including phenoxy) is 1. The average Bonchev–Trinajstić information content (AvgIpc) is 2.19. The smallest absolute Gasteiger partial charge is 0.0471 e. The van der Waals surface area contributed by atoms with Gasteiger partial charge in [0.25, 0.3) is 0 Å². The van der Waals surface area contributed by atoms with Crippen LogP contribution in [0.15, 0.2) is 0 Å². The molecule has 1 heterocycles. The first-order valence-corrected chi connectivity index (χ1v) is 6.41. The molecule has 0 spiro atoms. The lowest BCUT2D eigenvalue weighted by Crippen LogP contribution is -2.38. The maximum atomic E-state index is 5.47. The second-order valence-electron chi connectivity index (χ2n) is 5.43. The Balaban J connectivity index is 2.34. The van der Waals surface area contributed by atoms with Crippen LogP contribution in [-0.4, -0.2) is 26.8 Å². The van der Waals surface area contributed by atoms with Crippen LogP contribution in [0.1, 0.15) is 46.0 Å². The van der Waals surface area contributed by atoms with Gasteiger partial charge in [-0.2, -0.15) is 0 Å². The van der Waals surface area contributed by atoms with Crippen molar-refractivity contribution in [2.45, 2.75) is 46.0 Å². The van der Waals surface area contributed by atoms with E-state index in [4.69, 9.17) is 4.74 Å². The third kappa shape index (κ3) is 4.52. The topological polar surface area (TPSA) is 21.3 Å². The molecule has 0 radical (unpaired) electrons. The van der Waals surface area contributed by atoms with Gasteiger partial charge in [0.05, 0.1) is 0 Å². The molecule has 90 valence electrons. The Morgan fingerprint density at radius 3 is 2.47 bits per heavy atom. The molecule has 1 saturated heterocycles. The normalized spacial score (nSPS) is 20.8. The fourth-order valence-electron chi connectivity index (χ4n) is 2.58. The van der Waals surface area contributed by atoms with Crippen molar-refractivity contribution >= 4 is 0 Å². The molecule has 0 unspecified atom stereocenters. The van der Waals surface area contributed by atoms with Crippen LogP contribution < -0.4 is 5.32 Å². The predicted molar refractivity (Wildman–Crippen MR) is 65.1 cm³/mol. The molecular formula is C13H27NO. The van der Waals surface area contributed by atoms with Crippen molar-refractivity contribution in [1.82, 2.24) is 5.32 Å². The van der Waals surface area contributed by atoms with E-state index in [0.717, 1.165) is 25.7 Å². The van der Waals surface area contributed by atoms with Crippen LogP contribution >= 0.6 is 0 Å². The van der Waals surface area contributed by atoms with E-state index < -0.39 is 0 Å². The van der Waals surface area contributed by atoms with Crippen molar-refractivity contribution in [3.8, 4) is 0 Å². The monoisotopic (exact) mass is 213 g/mol. The Morgan fingerprint density at radius 2 is 1.93 bits per heavy atom. The highest BCUT2D eigenvalue weighted by atomic mass is 16.5. The van der Waals surface area contributed by atoms with Gasteiger partial charge in [-0.25, -0.2) is 0 Å². The second kappa shape index (κ2) is 6.49. The first kappa shape index (κ1) is 13.0. The molecule has 0 amide bonds. The molecule has 0 aromatic heterocycles. The van der Waals surface area contributed by atoms with Crippen molar-refractivity contribution in [1.29, 1.82) is 0 Å². The zero-order chi connectivity index (χ0) is 11.1. The molecule has 0 bridgehead atoms. The molecule has 2 heteroatoms. The minimum absolute atomic E-state index is 0.530. The minimum atomic E-state index is 0.530. The summed E-state index contributed by atoms with van der Waals surface area (Å²) in [5, 5.41) is 3.36.